The standard InChI is InChI=1S/C20H18Cl2N4O/c21-14-5-3-12(4-6-14)15-8-16-18(9-17(15)22)24-11-25-20(16)26-7-1-2-13(10-26)19(23)27/h3-6,8-9,11,13H,1-2,7,10H2,(H2,23,27)/t13-/m0/s1. The Kier molecular flexibility index (Phi) is 4.89. The summed E-state index contributed by atoms with van der Waals surface area (Å²) in [6, 6.07) is 11.4. The third-order valence-corrected chi connectivity index (χ3v) is 5.55. The molecule has 0 bridgehead atoms. The van der Waals surface area contributed by atoms with E-state index in [1.165, 1.54) is 6.33 Å². The number of hydrogen-bond donors (Lipinski definition) is 1. The largest absolute Gasteiger partial charge is 0.369 e. The predicted molar refractivity (Wildman–Crippen MR) is 109 cm³/mol. The van der Waals surface area contributed by atoms with Gasteiger partial charge in [0.1, 0.15) is 12.1 Å². The molecule has 138 valence electrons. The number of benzene rings is 2. The monoisotopic (exact) mass is 400 g/mol. The fourth-order valence-corrected chi connectivity index (χ4v) is 3.96. The first kappa shape index (κ1) is 18.0. The highest BCUT2D eigenvalue weighted by molar-refractivity contribution is 6.34. The number of nitrogens with two attached hydrogens (primary N) is 1. The molecule has 1 saturated heterocycles. The van der Waals surface area contributed by atoms with Crippen molar-refractivity contribution in [2.45, 2.75) is 12.8 Å². The lowest BCUT2D eigenvalue weighted by atomic mass is 9.97. The average molecular weight is 401 g/mol. The summed E-state index contributed by atoms with van der Waals surface area (Å²) in [4.78, 5) is 22.6. The van der Waals surface area contributed by atoms with Crippen molar-refractivity contribution in [3.05, 3.63) is 52.8 Å². The molecule has 1 aliphatic heterocycles. The number of carbonyl (C=O) groups excluding carboxylic acids is 1. The number of primary amides is 1. The Balaban J connectivity index is 1.81. The molecule has 4 rings (SSSR count). The number of piperidine rings is 1. The van der Waals surface area contributed by atoms with Gasteiger partial charge in [0.25, 0.3) is 0 Å². The Bertz CT molecular complexity index is 1010. The molecule has 0 radical (unpaired) electrons. The van der Waals surface area contributed by atoms with Crippen molar-refractivity contribution >= 4 is 45.8 Å². The molecule has 1 atom stereocenters. The van der Waals surface area contributed by atoms with E-state index in [1.54, 1.807) is 0 Å². The molecule has 2 N–H and O–H groups in total. The van der Waals surface area contributed by atoms with Crippen LogP contribution >= 0.6 is 23.2 Å². The molecule has 1 fully saturated rings. The van der Waals surface area contributed by atoms with Crippen molar-refractivity contribution in [3.63, 3.8) is 0 Å². The quantitative estimate of drug-likeness (QED) is 0.710. The summed E-state index contributed by atoms with van der Waals surface area (Å²) >= 11 is 12.5. The molecule has 0 spiro atoms. The van der Waals surface area contributed by atoms with Gasteiger partial charge in [0.2, 0.25) is 5.91 Å². The lowest BCUT2D eigenvalue weighted by molar-refractivity contribution is -0.122. The van der Waals surface area contributed by atoms with Gasteiger partial charge in [0.05, 0.1) is 16.5 Å². The third kappa shape index (κ3) is 3.57. The van der Waals surface area contributed by atoms with Crippen LogP contribution in [-0.2, 0) is 4.79 Å². The first-order valence-corrected chi connectivity index (χ1v) is 9.53. The smallest absolute Gasteiger partial charge is 0.222 e. The molecule has 2 heterocycles. The van der Waals surface area contributed by atoms with Crippen molar-refractivity contribution in [1.82, 2.24) is 9.97 Å². The molecular formula is C20H18Cl2N4O. The van der Waals surface area contributed by atoms with Crippen LogP contribution in [0.2, 0.25) is 10.0 Å². The minimum Gasteiger partial charge on any atom is -0.369 e. The lowest BCUT2D eigenvalue weighted by Crippen LogP contribution is -2.41. The number of carbonyl (C=O) groups is 1. The second kappa shape index (κ2) is 7.33. The molecule has 2 aromatic carbocycles. The SMILES string of the molecule is NC(=O)[C@H]1CCCN(c2ncnc3cc(Cl)c(-c4ccc(Cl)cc4)cc23)C1. The van der Waals surface area contributed by atoms with E-state index in [0.717, 1.165) is 47.2 Å². The van der Waals surface area contributed by atoms with E-state index in [2.05, 4.69) is 14.9 Å². The van der Waals surface area contributed by atoms with Crippen molar-refractivity contribution < 1.29 is 4.79 Å². The van der Waals surface area contributed by atoms with E-state index in [4.69, 9.17) is 28.9 Å². The maximum absolute atomic E-state index is 11.6. The van der Waals surface area contributed by atoms with Gasteiger partial charge in [-0.2, -0.15) is 0 Å². The zero-order chi connectivity index (χ0) is 19.0. The molecule has 1 aromatic heterocycles. The summed E-state index contributed by atoms with van der Waals surface area (Å²) < 4.78 is 0. The molecule has 3 aromatic rings. The number of anilines is 1. The van der Waals surface area contributed by atoms with E-state index in [0.29, 0.717) is 16.6 Å². The number of fused-ring (bicyclic) bond motifs is 1. The molecule has 0 unspecified atom stereocenters. The van der Waals surface area contributed by atoms with Gasteiger partial charge in [0, 0.05) is 29.1 Å². The van der Waals surface area contributed by atoms with Gasteiger partial charge in [-0.1, -0.05) is 35.3 Å². The van der Waals surface area contributed by atoms with Gasteiger partial charge in [-0.05, 0) is 42.7 Å². The number of halogens is 2. The van der Waals surface area contributed by atoms with Crippen LogP contribution < -0.4 is 10.6 Å². The van der Waals surface area contributed by atoms with Crippen LogP contribution in [0.3, 0.4) is 0 Å². The Morgan fingerprint density at radius 2 is 1.93 bits per heavy atom. The number of amides is 1. The normalized spacial score (nSPS) is 17.3. The van der Waals surface area contributed by atoms with Crippen LogP contribution in [0.5, 0.6) is 0 Å². The molecule has 1 amide bonds. The number of nitrogens with zero attached hydrogens (tertiary/aromatic N) is 3. The average Bonchev–Trinajstić information content (AvgIpc) is 2.68. The van der Waals surface area contributed by atoms with E-state index in [9.17, 15) is 4.79 Å². The second-order valence-electron chi connectivity index (χ2n) is 6.74. The maximum Gasteiger partial charge on any atom is 0.222 e. The van der Waals surface area contributed by atoms with E-state index in [-0.39, 0.29) is 11.8 Å². The van der Waals surface area contributed by atoms with E-state index < -0.39 is 0 Å². The Labute approximate surface area is 167 Å². The number of rotatable bonds is 3. The Morgan fingerprint density at radius 3 is 2.67 bits per heavy atom. The summed E-state index contributed by atoms with van der Waals surface area (Å²) in [7, 11) is 0. The number of hydrogen-bond acceptors (Lipinski definition) is 4. The van der Waals surface area contributed by atoms with Crippen molar-refractivity contribution in [3.8, 4) is 11.1 Å². The van der Waals surface area contributed by atoms with Crippen LogP contribution in [0.15, 0.2) is 42.7 Å². The van der Waals surface area contributed by atoms with Gasteiger partial charge in [-0.3, -0.25) is 4.79 Å². The van der Waals surface area contributed by atoms with Crippen molar-refractivity contribution in [1.29, 1.82) is 0 Å². The molecule has 27 heavy (non-hydrogen) atoms. The van der Waals surface area contributed by atoms with Crippen LogP contribution in [0, 0.1) is 5.92 Å². The van der Waals surface area contributed by atoms with Crippen LogP contribution in [0.1, 0.15) is 12.8 Å². The summed E-state index contributed by atoms with van der Waals surface area (Å²) in [5, 5.41) is 2.19. The van der Waals surface area contributed by atoms with Gasteiger partial charge in [-0.15, -0.1) is 0 Å². The van der Waals surface area contributed by atoms with E-state index in [1.807, 2.05) is 36.4 Å². The fourth-order valence-electron chi connectivity index (χ4n) is 3.57. The highest BCUT2D eigenvalue weighted by Gasteiger charge is 2.26. The van der Waals surface area contributed by atoms with Crippen LogP contribution in [0.4, 0.5) is 5.82 Å². The minimum atomic E-state index is -0.261. The van der Waals surface area contributed by atoms with Crippen LogP contribution in [-0.4, -0.2) is 29.0 Å². The fraction of sp³-hybridized carbons (Fsp3) is 0.250. The summed E-state index contributed by atoms with van der Waals surface area (Å²) in [5.74, 6) is 0.382. The first-order valence-electron chi connectivity index (χ1n) is 8.77. The highest BCUT2D eigenvalue weighted by atomic mass is 35.5. The molecule has 1 aliphatic rings. The van der Waals surface area contributed by atoms with Crippen molar-refractivity contribution in [2.24, 2.45) is 11.7 Å². The molecular weight excluding hydrogens is 383 g/mol. The lowest BCUT2D eigenvalue weighted by Gasteiger charge is -2.32. The molecule has 5 nitrogen and oxygen atoms in total. The van der Waals surface area contributed by atoms with Gasteiger partial charge in [-0.25, -0.2) is 9.97 Å². The molecule has 7 heteroatoms. The van der Waals surface area contributed by atoms with Gasteiger partial charge >= 0.3 is 0 Å². The predicted octanol–water partition coefficient (Wildman–Crippen LogP) is 4.31. The Hall–Kier alpha value is -2.37. The first-order chi connectivity index (χ1) is 13.0. The van der Waals surface area contributed by atoms with Crippen LogP contribution in [0.25, 0.3) is 22.0 Å². The van der Waals surface area contributed by atoms with Gasteiger partial charge < -0.3 is 10.6 Å². The van der Waals surface area contributed by atoms with Crippen molar-refractivity contribution in [2.75, 3.05) is 18.0 Å². The second-order valence-corrected chi connectivity index (χ2v) is 7.58. The molecule has 0 saturated carbocycles. The zero-order valence-electron chi connectivity index (χ0n) is 14.5. The Morgan fingerprint density at radius 1 is 1.15 bits per heavy atom. The molecule has 0 aliphatic carbocycles. The van der Waals surface area contributed by atoms with Gasteiger partial charge in [0.15, 0.2) is 0 Å². The zero-order valence-corrected chi connectivity index (χ0v) is 16.0. The van der Waals surface area contributed by atoms with E-state index >= 15 is 0 Å². The summed E-state index contributed by atoms with van der Waals surface area (Å²) in [6.07, 6.45) is 3.25. The minimum absolute atomic E-state index is 0.160. The number of aromatic nitrogens is 2. The third-order valence-electron chi connectivity index (χ3n) is 4.98. The summed E-state index contributed by atoms with van der Waals surface area (Å²) in [6.45, 7) is 1.40. The summed E-state index contributed by atoms with van der Waals surface area (Å²) in [5.41, 5.74) is 8.15. The topological polar surface area (TPSA) is 72.1 Å². The highest BCUT2D eigenvalue weighted by Crippen LogP contribution is 2.36. The maximum atomic E-state index is 11.6.